The molecule has 0 bridgehead atoms. The van der Waals surface area contributed by atoms with Crippen molar-refractivity contribution >= 4 is 41.0 Å². The minimum Gasteiger partial charge on any atom is -0.482 e. The fourth-order valence-electron chi connectivity index (χ4n) is 3.69. The Hall–Kier alpha value is -5.19. The first-order valence-corrected chi connectivity index (χ1v) is 12.6. The number of carbonyl (C=O) groups is 5. The summed E-state index contributed by atoms with van der Waals surface area (Å²) in [6, 6.07) is 20.2. The summed E-state index contributed by atoms with van der Waals surface area (Å²) in [4.78, 5) is 63.8. The van der Waals surface area contributed by atoms with E-state index in [1.54, 1.807) is 87.5 Å². The highest BCUT2D eigenvalue weighted by atomic mass is 16.6. The molecule has 3 N–H and O–H groups in total. The molecule has 0 aliphatic rings. The fraction of sp³-hybridized carbons (Fsp3) is 0.233. The molecule has 0 spiro atoms. The number of nitrogens with zero attached hydrogens (tertiary/aromatic N) is 1. The van der Waals surface area contributed by atoms with Gasteiger partial charge in [0.2, 0.25) is 5.91 Å². The average Bonchev–Trinajstić information content (AvgIpc) is 2.93. The summed E-state index contributed by atoms with van der Waals surface area (Å²) in [6.07, 6.45) is 0. The Morgan fingerprint density at radius 2 is 1.56 bits per heavy atom. The van der Waals surface area contributed by atoms with Gasteiger partial charge in [-0.2, -0.15) is 0 Å². The first-order valence-electron chi connectivity index (χ1n) is 12.6. The summed E-state index contributed by atoms with van der Waals surface area (Å²) in [7, 11) is 0. The number of esters is 1. The first-order chi connectivity index (χ1) is 19.4. The van der Waals surface area contributed by atoms with Crippen molar-refractivity contribution in [3.05, 3.63) is 90.0 Å². The zero-order valence-electron chi connectivity index (χ0n) is 22.9. The third-order valence-corrected chi connectivity index (χ3v) is 5.34. The molecule has 3 aromatic carbocycles. The van der Waals surface area contributed by atoms with Crippen LogP contribution in [0.1, 0.15) is 36.7 Å². The molecule has 0 saturated heterocycles. The smallest absolute Gasteiger partial charge is 0.341 e. The molecule has 11 nitrogen and oxygen atoms in total. The molecule has 11 heteroatoms. The maximum absolute atomic E-state index is 13.4. The van der Waals surface area contributed by atoms with Gasteiger partial charge in [0.05, 0.1) is 12.2 Å². The molecule has 0 fully saturated rings. The number of rotatable bonds is 11. The molecule has 3 amide bonds. The SMILES string of the molecule is CC(C)(C)OC(=O)CN(C(=O)CNC(=O)Nc1cccc(OCC(=O)O)c1)c1ccccc1C(=O)c1ccccc1. The van der Waals surface area contributed by atoms with Crippen LogP contribution >= 0.6 is 0 Å². The standard InChI is InChI=1S/C30H31N3O8/c1-30(2,3)41-27(37)18-33(24-15-8-7-14-23(24)28(38)20-10-5-4-6-11-20)25(34)17-31-29(39)32-21-12-9-13-22(16-21)40-19-26(35)36/h4-16H,17-19H2,1-3H3,(H,35,36)(H2,31,32,39). The molecule has 41 heavy (non-hydrogen) atoms. The number of hydrogen-bond acceptors (Lipinski definition) is 7. The van der Waals surface area contributed by atoms with E-state index in [2.05, 4.69) is 10.6 Å². The van der Waals surface area contributed by atoms with Crippen LogP contribution in [0.4, 0.5) is 16.2 Å². The van der Waals surface area contributed by atoms with Gasteiger partial charge < -0.3 is 25.2 Å². The highest BCUT2D eigenvalue weighted by Crippen LogP contribution is 2.24. The summed E-state index contributed by atoms with van der Waals surface area (Å²) in [5.74, 6) is -2.64. The number of benzene rings is 3. The molecule has 0 aromatic heterocycles. The Labute approximate surface area is 237 Å². The number of carboxylic acids is 1. The summed E-state index contributed by atoms with van der Waals surface area (Å²) in [5, 5.41) is 13.7. The van der Waals surface area contributed by atoms with Crippen LogP contribution < -0.4 is 20.3 Å². The average molecular weight is 562 g/mol. The monoisotopic (exact) mass is 561 g/mol. The van der Waals surface area contributed by atoms with Crippen LogP contribution in [-0.2, 0) is 19.1 Å². The lowest BCUT2D eigenvalue weighted by atomic mass is 10.0. The molecule has 0 aliphatic carbocycles. The third kappa shape index (κ3) is 9.50. The van der Waals surface area contributed by atoms with E-state index in [1.165, 1.54) is 12.1 Å². The molecule has 0 radical (unpaired) electrons. The number of para-hydroxylation sites is 1. The van der Waals surface area contributed by atoms with Crippen molar-refractivity contribution in [1.82, 2.24) is 5.32 Å². The van der Waals surface area contributed by atoms with Gasteiger partial charge in [-0.1, -0.05) is 48.5 Å². The molecular weight excluding hydrogens is 530 g/mol. The number of aliphatic carboxylic acids is 1. The van der Waals surface area contributed by atoms with E-state index in [1.807, 2.05) is 0 Å². The molecule has 0 unspecified atom stereocenters. The van der Waals surface area contributed by atoms with Gasteiger partial charge in [0, 0.05) is 22.9 Å². The van der Waals surface area contributed by atoms with Gasteiger partial charge in [-0.3, -0.25) is 19.3 Å². The number of carboxylic acid groups (broad SMARTS) is 1. The minimum absolute atomic E-state index is 0.183. The maximum atomic E-state index is 13.4. The van der Waals surface area contributed by atoms with Crippen molar-refractivity contribution in [3.8, 4) is 5.75 Å². The Balaban J connectivity index is 1.79. The van der Waals surface area contributed by atoms with Gasteiger partial charge in [-0.25, -0.2) is 9.59 Å². The van der Waals surface area contributed by atoms with Crippen LogP contribution in [0, 0.1) is 0 Å². The Bertz CT molecular complexity index is 1420. The molecular formula is C30H31N3O8. The molecule has 3 rings (SSSR count). The van der Waals surface area contributed by atoms with Crippen LogP contribution in [-0.4, -0.2) is 60.1 Å². The number of ketones is 1. The van der Waals surface area contributed by atoms with Gasteiger partial charge in [0.15, 0.2) is 12.4 Å². The number of urea groups is 1. The van der Waals surface area contributed by atoms with E-state index in [4.69, 9.17) is 14.6 Å². The predicted molar refractivity (Wildman–Crippen MR) is 151 cm³/mol. The van der Waals surface area contributed by atoms with Crippen LogP contribution in [0.25, 0.3) is 0 Å². The maximum Gasteiger partial charge on any atom is 0.341 e. The highest BCUT2D eigenvalue weighted by molar-refractivity contribution is 6.15. The van der Waals surface area contributed by atoms with Crippen molar-refractivity contribution in [1.29, 1.82) is 0 Å². The van der Waals surface area contributed by atoms with Crippen molar-refractivity contribution in [2.24, 2.45) is 0 Å². The van der Waals surface area contributed by atoms with E-state index in [0.29, 0.717) is 11.3 Å². The Kier molecular flexibility index (Phi) is 10.2. The van der Waals surface area contributed by atoms with Gasteiger partial charge in [0.25, 0.3) is 0 Å². The van der Waals surface area contributed by atoms with Crippen LogP contribution in [0.2, 0.25) is 0 Å². The molecule has 0 aliphatic heterocycles. The van der Waals surface area contributed by atoms with E-state index >= 15 is 0 Å². The predicted octanol–water partition coefficient (Wildman–Crippen LogP) is 3.88. The van der Waals surface area contributed by atoms with Gasteiger partial charge in [-0.15, -0.1) is 0 Å². The summed E-state index contributed by atoms with van der Waals surface area (Å²) in [6.45, 7) is 3.51. The second kappa shape index (κ2) is 13.7. The zero-order valence-corrected chi connectivity index (χ0v) is 22.9. The van der Waals surface area contributed by atoms with E-state index in [9.17, 15) is 24.0 Å². The van der Waals surface area contributed by atoms with E-state index in [-0.39, 0.29) is 22.8 Å². The van der Waals surface area contributed by atoms with Crippen LogP contribution in [0.3, 0.4) is 0 Å². The molecule has 214 valence electrons. The lowest BCUT2D eigenvalue weighted by Crippen LogP contribution is -2.45. The van der Waals surface area contributed by atoms with Gasteiger partial charge in [-0.05, 0) is 45.0 Å². The summed E-state index contributed by atoms with van der Waals surface area (Å²) >= 11 is 0. The summed E-state index contributed by atoms with van der Waals surface area (Å²) in [5.41, 5.74) is 0.256. The lowest BCUT2D eigenvalue weighted by Gasteiger charge is -2.27. The number of anilines is 2. The molecule has 3 aromatic rings. The number of hydrogen-bond donors (Lipinski definition) is 3. The topological polar surface area (TPSA) is 151 Å². The van der Waals surface area contributed by atoms with Crippen molar-refractivity contribution in [2.45, 2.75) is 26.4 Å². The minimum atomic E-state index is -1.15. The number of nitrogens with one attached hydrogen (secondary N) is 2. The quantitative estimate of drug-likeness (QED) is 0.236. The van der Waals surface area contributed by atoms with Gasteiger partial charge >= 0.3 is 18.0 Å². The second-order valence-corrected chi connectivity index (χ2v) is 9.80. The lowest BCUT2D eigenvalue weighted by molar-refractivity contribution is -0.153. The number of ether oxygens (including phenoxy) is 2. The van der Waals surface area contributed by atoms with Crippen molar-refractivity contribution < 1.29 is 38.6 Å². The zero-order chi connectivity index (χ0) is 30.0. The van der Waals surface area contributed by atoms with Crippen molar-refractivity contribution in [3.63, 3.8) is 0 Å². The highest BCUT2D eigenvalue weighted by Gasteiger charge is 2.27. The molecule has 0 atom stereocenters. The molecule has 0 heterocycles. The normalized spacial score (nSPS) is 10.7. The van der Waals surface area contributed by atoms with E-state index < -0.39 is 49.2 Å². The fourth-order valence-corrected chi connectivity index (χ4v) is 3.69. The van der Waals surface area contributed by atoms with Gasteiger partial charge in [0.1, 0.15) is 17.9 Å². The number of amides is 3. The Morgan fingerprint density at radius 3 is 2.24 bits per heavy atom. The van der Waals surface area contributed by atoms with E-state index in [0.717, 1.165) is 4.90 Å². The Morgan fingerprint density at radius 1 is 0.878 bits per heavy atom. The number of carbonyl (C=O) groups excluding carboxylic acids is 4. The first kappa shape index (κ1) is 30.4. The largest absolute Gasteiger partial charge is 0.482 e. The second-order valence-electron chi connectivity index (χ2n) is 9.80. The molecule has 0 saturated carbocycles. The summed E-state index contributed by atoms with van der Waals surface area (Å²) < 4.78 is 10.5. The van der Waals surface area contributed by atoms with Crippen molar-refractivity contribution in [2.75, 3.05) is 29.9 Å². The third-order valence-electron chi connectivity index (χ3n) is 5.34. The van der Waals surface area contributed by atoms with Crippen LogP contribution in [0.5, 0.6) is 5.75 Å². The van der Waals surface area contributed by atoms with Crippen LogP contribution in [0.15, 0.2) is 78.9 Å².